The van der Waals surface area contributed by atoms with Gasteiger partial charge in [0.05, 0.1) is 12.0 Å². The van der Waals surface area contributed by atoms with E-state index in [-0.39, 0.29) is 29.3 Å². The Morgan fingerprint density at radius 3 is 2.77 bits per heavy atom. The molecule has 0 aliphatic heterocycles. The molecule has 22 heavy (non-hydrogen) atoms. The second-order valence-corrected chi connectivity index (χ2v) is 5.09. The monoisotopic (exact) mass is 323 g/mol. The number of ketones is 2. The zero-order chi connectivity index (χ0) is 15.7. The number of nitrogens with one attached hydrogen (secondary N) is 1. The van der Waals surface area contributed by atoms with Crippen molar-refractivity contribution in [2.75, 3.05) is 0 Å². The summed E-state index contributed by atoms with van der Waals surface area (Å²) in [5.41, 5.74) is -0.287. The van der Waals surface area contributed by atoms with Gasteiger partial charge < -0.3 is 4.42 Å². The highest BCUT2D eigenvalue weighted by atomic mass is 32.1. The summed E-state index contributed by atoms with van der Waals surface area (Å²) >= 11 is 0.610. The second kappa shape index (κ2) is 5.60. The zero-order valence-electron chi connectivity index (χ0n) is 10.8. The molecule has 0 fully saturated rings. The molecule has 0 aliphatic rings. The summed E-state index contributed by atoms with van der Waals surface area (Å²) in [6.07, 6.45) is 0.764. The quantitative estimate of drug-likeness (QED) is 0.575. The Morgan fingerprint density at radius 1 is 1.32 bits per heavy atom. The maximum atomic E-state index is 13.5. The number of nitrogens with zero attached hydrogens (tertiary/aromatic N) is 2. The molecule has 1 N–H and O–H groups in total. The Hall–Kier alpha value is -2.68. The van der Waals surface area contributed by atoms with E-state index >= 15 is 0 Å². The van der Waals surface area contributed by atoms with E-state index in [1.165, 1.54) is 12.1 Å². The summed E-state index contributed by atoms with van der Waals surface area (Å²) in [6.45, 7) is 0. The molecule has 0 aromatic carbocycles. The van der Waals surface area contributed by atoms with Crippen LogP contribution in [0.3, 0.4) is 0 Å². The highest BCUT2D eigenvalue weighted by Gasteiger charge is 2.22. The third kappa shape index (κ3) is 2.58. The van der Waals surface area contributed by atoms with Crippen molar-refractivity contribution < 1.29 is 22.8 Å². The normalized spacial score (nSPS) is 10.8. The Balaban J connectivity index is 1.78. The van der Waals surface area contributed by atoms with E-state index in [4.69, 9.17) is 4.42 Å². The maximum absolute atomic E-state index is 13.5. The van der Waals surface area contributed by atoms with Gasteiger partial charge in [-0.05, 0) is 12.1 Å². The van der Waals surface area contributed by atoms with Crippen molar-refractivity contribution in [3.8, 4) is 11.3 Å². The van der Waals surface area contributed by atoms with Gasteiger partial charge in [0.2, 0.25) is 5.78 Å². The molecule has 0 spiro atoms. The minimum atomic E-state index is -0.844. The van der Waals surface area contributed by atoms with E-state index in [1.54, 1.807) is 0 Å². The third-order valence-electron chi connectivity index (χ3n) is 2.83. The predicted octanol–water partition coefficient (Wildman–Crippen LogP) is 2.40. The molecule has 112 valence electrons. The summed E-state index contributed by atoms with van der Waals surface area (Å²) in [5, 5.41) is 6.06. The van der Waals surface area contributed by atoms with E-state index in [9.17, 15) is 18.4 Å². The average molecular weight is 323 g/mol. The fourth-order valence-electron chi connectivity index (χ4n) is 1.82. The summed E-state index contributed by atoms with van der Waals surface area (Å²) < 4.78 is 32.1. The van der Waals surface area contributed by atoms with Crippen LogP contribution < -0.4 is 0 Å². The highest BCUT2D eigenvalue weighted by Crippen LogP contribution is 2.31. The average Bonchev–Trinajstić information content (AvgIpc) is 3.20. The van der Waals surface area contributed by atoms with Crippen LogP contribution in [0.15, 0.2) is 28.3 Å². The topological polar surface area (TPSA) is 88.8 Å². The first-order valence-corrected chi connectivity index (χ1v) is 6.88. The van der Waals surface area contributed by atoms with Crippen molar-refractivity contribution >= 4 is 22.9 Å². The maximum Gasteiger partial charge on any atom is 0.265 e. The molecule has 3 aromatic rings. The zero-order valence-corrected chi connectivity index (χ0v) is 11.6. The first-order valence-electron chi connectivity index (χ1n) is 6.00. The number of Topliss-reactive ketones (excluding diaryl/α,β-unsaturated/α-hetero) is 2. The third-order valence-corrected chi connectivity index (χ3v) is 3.56. The number of hydrogen-bond acceptors (Lipinski definition) is 6. The molecule has 3 aromatic heterocycles. The van der Waals surface area contributed by atoms with Gasteiger partial charge in [0.25, 0.3) is 5.78 Å². The Bertz CT molecular complexity index is 819. The molecule has 0 bridgehead atoms. The number of aromatic nitrogens is 3. The first kappa shape index (κ1) is 14.3. The number of thiophene rings is 1. The van der Waals surface area contributed by atoms with Crippen LogP contribution in [-0.2, 0) is 11.2 Å². The second-order valence-electron chi connectivity index (χ2n) is 4.26. The van der Waals surface area contributed by atoms with E-state index in [2.05, 4.69) is 15.2 Å². The number of aromatic amines is 1. The van der Waals surface area contributed by atoms with Gasteiger partial charge in [0.1, 0.15) is 23.7 Å². The molecule has 3 rings (SSSR count). The van der Waals surface area contributed by atoms with Crippen LogP contribution in [0.2, 0.25) is 0 Å². The van der Waals surface area contributed by atoms with Crippen molar-refractivity contribution in [1.82, 2.24) is 15.2 Å². The van der Waals surface area contributed by atoms with Crippen molar-refractivity contribution in [2.45, 2.75) is 6.42 Å². The van der Waals surface area contributed by atoms with Crippen molar-refractivity contribution in [1.29, 1.82) is 0 Å². The molecule has 3 heterocycles. The van der Waals surface area contributed by atoms with Crippen LogP contribution in [0.1, 0.15) is 16.4 Å². The molecular weight excluding hydrogens is 316 g/mol. The molecule has 9 heteroatoms. The lowest BCUT2D eigenvalue weighted by Gasteiger charge is -1.96. The lowest BCUT2D eigenvalue weighted by Crippen LogP contribution is -2.17. The Labute approximate surface area is 125 Å². The summed E-state index contributed by atoms with van der Waals surface area (Å²) in [4.78, 5) is 27.1. The largest absolute Gasteiger partial charge is 0.460 e. The summed E-state index contributed by atoms with van der Waals surface area (Å²) in [5.74, 6) is -2.45. The fraction of sp³-hybridized carbons (Fsp3) is 0.0769. The first-order chi connectivity index (χ1) is 10.6. The van der Waals surface area contributed by atoms with Crippen molar-refractivity contribution in [3.63, 3.8) is 0 Å². The van der Waals surface area contributed by atoms with Crippen LogP contribution in [0.4, 0.5) is 8.78 Å². The predicted molar refractivity (Wildman–Crippen MR) is 71.4 cm³/mol. The smallest absolute Gasteiger partial charge is 0.265 e. The van der Waals surface area contributed by atoms with Gasteiger partial charge in [-0.1, -0.05) is 0 Å². The number of hydrogen-bond donors (Lipinski definition) is 1. The minimum Gasteiger partial charge on any atom is -0.460 e. The number of rotatable bonds is 5. The molecule has 0 atom stereocenters. The lowest BCUT2D eigenvalue weighted by atomic mass is 10.1. The van der Waals surface area contributed by atoms with E-state index in [0.717, 1.165) is 11.7 Å². The number of halogens is 2. The van der Waals surface area contributed by atoms with Gasteiger partial charge in [-0.3, -0.25) is 14.7 Å². The van der Waals surface area contributed by atoms with Gasteiger partial charge in [-0.25, -0.2) is 9.37 Å². The number of carbonyl (C=O) groups is 2. The van der Waals surface area contributed by atoms with Crippen LogP contribution in [0.5, 0.6) is 0 Å². The molecular formula is C13H7F2N3O3S. The summed E-state index contributed by atoms with van der Waals surface area (Å²) in [7, 11) is 0. The van der Waals surface area contributed by atoms with Gasteiger partial charge >= 0.3 is 0 Å². The van der Waals surface area contributed by atoms with Crippen LogP contribution in [0.25, 0.3) is 11.3 Å². The Morgan fingerprint density at radius 2 is 2.14 bits per heavy atom. The molecule has 0 saturated heterocycles. The van der Waals surface area contributed by atoms with Crippen LogP contribution in [0, 0.1) is 10.9 Å². The Kier molecular flexibility index (Phi) is 3.63. The van der Waals surface area contributed by atoms with Crippen molar-refractivity contribution in [3.05, 3.63) is 46.4 Å². The lowest BCUT2D eigenvalue weighted by molar-refractivity contribution is -0.114. The molecule has 0 unspecified atom stereocenters. The minimum absolute atomic E-state index is 0.0360. The van der Waals surface area contributed by atoms with E-state index < -0.39 is 22.5 Å². The van der Waals surface area contributed by atoms with E-state index in [1.807, 2.05) is 0 Å². The molecule has 0 radical (unpaired) electrons. The molecule has 6 nitrogen and oxygen atoms in total. The van der Waals surface area contributed by atoms with Gasteiger partial charge in [0, 0.05) is 5.38 Å². The van der Waals surface area contributed by atoms with Gasteiger partial charge in [-0.2, -0.15) is 9.49 Å². The molecule has 0 saturated carbocycles. The summed E-state index contributed by atoms with van der Waals surface area (Å²) in [6, 6.07) is 2.73. The molecule has 0 amide bonds. The standard InChI is InChI=1S/C13H7F2N3O3S/c14-7-4-22-12(15)10(7)9-2-1-6(21-9)3-8(19)11(20)13-16-5-17-18-13/h1-2,4-5H,3H2,(H,16,17,18). The number of H-pyrrole nitrogens is 1. The van der Waals surface area contributed by atoms with Gasteiger partial charge in [0.15, 0.2) is 11.0 Å². The van der Waals surface area contributed by atoms with Crippen molar-refractivity contribution in [2.24, 2.45) is 0 Å². The van der Waals surface area contributed by atoms with E-state index in [0.29, 0.717) is 11.3 Å². The fourth-order valence-corrected chi connectivity index (χ4v) is 2.46. The van der Waals surface area contributed by atoms with Crippen LogP contribution >= 0.6 is 11.3 Å². The highest BCUT2D eigenvalue weighted by molar-refractivity contribution is 7.08. The molecule has 0 aliphatic carbocycles. The number of carbonyl (C=O) groups excluding carboxylic acids is 2. The van der Waals surface area contributed by atoms with Gasteiger partial charge in [-0.15, -0.1) is 11.3 Å². The van der Waals surface area contributed by atoms with Crippen LogP contribution in [-0.4, -0.2) is 26.7 Å². The number of furan rings is 1. The SMILES string of the molecule is O=C(Cc1ccc(-c2c(F)csc2F)o1)C(=O)c1ncn[nH]1.